The zero-order valence-corrected chi connectivity index (χ0v) is 13.1. The molecule has 0 radical (unpaired) electrons. The third kappa shape index (κ3) is 4.38. The summed E-state index contributed by atoms with van der Waals surface area (Å²) >= 11 is 10.8. The Morgan fingerprint density at radius 3 is 2.20 bits per heavy atom. The van der Waals surface area contributed by atoms with E-state index >= 15 is 0 Å². The van der Waals surface area contributed by atoms with Crippen LogP contribution in [0.5, 0.6) is 0 Å². The maximum atomic E-state index is 11.4. The molecule has 1 rings (SSSR count). The van der Waals surface area contributed by atoms with E-state index in [2.05, 4.69) is 0 Å². The summed E-state index contributed by atoms with van der Waals surface area (Å²) in [6.45, 7) is 6.49. The molecule has 1 aliphatic rings. The molecule has 8 heteroatoms. The Bertz CT molecular complexity index is 384. The van der Waals surface area contributed by atoms with Crippen LogP contribution in [0.3, 0.4) is 0 Å². The highest BCUT2D eigenvalue weighted by Crippen LogP contribution is 2.33. The van der Waals surface area contributed by atoms with Gasteiger partial charge in [-0.25, -0.2) is 0 Å². The molecule has 0 amide bonds. The lowest BCUT2D eigenvalue weighted by atomic mass is 10.0. The first-order valence-electron chi connectivity index (χ1n) is 6.13. The van der Waals surface area contributed by atoms with Gasteiger partial charge in [0.05, 0.1) is 6.10 Å². The first-order valence-corrected chi connectivity index (χ1v) is 6.88. The number of aliphatic hydroxyl groups excluding tert-OH is 1. The van der Waals surface area contributed by atoms with Gasteiger partial charge in [0.25, 0.3) is 10.5 Å². The number of halogens is 2. The summed E-state index contributed by atoms with van der Waals surface area (Å²) in [4.78, 5) is 22.7. The van der Waals surface area contributed by atoms with E-state index in [4.69, 9.17) is 37.4 Å². The van der Waals surface area contributed by atoms with Crippen molar-refractivity contribution in [3.8, 4) is 0 Å². The standard InChI is InChI=1S/C12H18Cl2O6/c1-5(2)18-8(10(13)16)6(15)7-9(11(14)17)20-12(3,4)19-7/h5-9,15H,1-4H3/t6-,7?,8?,9-/m0/s1. The zero-order chi connectivity index (χ0) is 15.7. The van der Waals surface area contributed by atoms with Crippen molar-refractivity contribution < 1.29 is 28.9 Å². The monoisotopic (exact) mass is 328 g/mol. The van der Waals surface area contributed by atoms with Gasteiger partial charge in [-0.2, -0.15) is 0 Å². The fraction of sp³-hybridized carbons (Fsp3) is 0.833. The summed E-state index contributed by atoms with van der Waals surface area (Å²) in [7, 11) is 0. The van der Waals surface area contributed by atoms with Crippen LogP contribution in [0, 0.1) is 0 Å². The molecular formula is C12H18Cl2O6. The lowest BCUT2D eigenvalue weighted by molar-refractivity contribution is -0.171. The van der Waals surface area contributed by atoms with E-state index in [1.165, 1.54) is 0 Å². The first kappa shape index (κ1) is 17.8. The highest BCUT2D eigenvalue weighted by molar-refractivity contribution is 6.65. The largest absolute Gasteiger partial charge is 0.387 e. The molecule has 0 saturated carbocycles. The number of rotatable bonds is 6. The number of ether oxygens (including phenoxy) is 3. The molecule has 0 aromatic carbocycles. The lowest BCUT2D eigenvalue weighted by Crippen LogP contribution is -2.49. The molecule has 1 aliphatic heterocycles. The molecule has 0 aromatic heterocycles. The molecule has 20 heavy (non-hydrogen) atoms. The van der Waals surface area contributed by atoms with E-state index in [0.717, 1.165) is 0 Å². The molecule has 0 aliphatic carbocycles. The van der Waals surface area contributed by atoms with Gasteiger partial charge in [-0.1, -0.05) is 0 Å². The average Bonchev–Trinajstić information content (AvgIpc) is 2.61. The topological polar surface area (TPSA) is 82.1 Å². The van der Waals surface area contributed by atoms with Crippen molar-refractivity contribution in [2.75, 3.05) is 0 Å². The van der Waals surface area contributed by atoms with Gasteiger partial charge in [0.2, 0.25) is 0 Å². The van der Waals surface area contributed by atoms with Crippen LogP contribution in [0.1, 0.15) is 27.7 Å². The normalized spacial score (nSPS) is 28.4. The Hall–Kier alpha value is -0.240. The van der Waals surface area contributed by atoms with Crippen molar-refractivity contribution in [3.05, 3.63) is 0 Å². The number of hydrogen-bond donors (Lipinski definition) is 1. The second kappa shape index (κ2) is 6.68. The van der Waals surface area contributed by atoms with Crippen LogP contribution >= 0.6 is 23.2 Å². The van der Waals surface area contributed by atoms with Crippen LogP contribution < -0.4 is 0 Å². The van der Waals surface area contributed by atoms with Crippen LogP contribution in [0.25, 0.3) is 0 Å². The van der Waals surface area contributed by atoms with Gasteiger partial charge in [0.1, 0.15) is 12.2 Å². The predicted molar refractivity (Wildman–Crippen MR) is 71.6 cm³/mol. The minimum atomic E-state index is -1.48. The SMILES string of the molecule is CC(C)OC(C(=O)Cl)[C@@H](O)C1OC(C)(C)O[C@@H]1C(=O)Cl. The summed E-state index contributed by atoms with van der Waals surface area (Å²) in [5.74, 6) is -1.11. The number of hydrogen-bond acceptors (Lipinski definition) is 6. The van der Waals surface area contributed by atoms with Gasteiger partial charge in [-0.3, -0.25) is 9.59 Å². The van der Waals surface area contributed by atoms with E-state index in [0.29, 0.717) is 0 Å². The maximum absolute atomic E-state index is 11.4. The van der Waals surface area contributed by atoms with Crippen molar-refractivity contribution >= 4 is 33.7 Å². The van der Waals surface area contributed by atoms with Crippen molar-refractivity contribution in [2.24, 2.45) is 0 Å². The van der Waals surface area contributed by atoms with Crippen LogP contribution in [-0.2, 0) is 23.8 Å². The minimum absolute atomic E-state index is 0.349. The second-order valence-electron chi connectivity index (χ2n) is 5.23. The third-order valence-corrected chi connectivity index (χ3v) is 3.07. The zero-order valence-electron chi connectivity index (χ0n) is 11.6. The summed E-state index contributed by atoms with van der Waals surface area (Å²) in [5.41, 5.74) is 0. The summed E-state index contributed by atoms with van der Waals surface area (Å²) < 4.78 is 16.0. The second-order valence-corrected chi connectivity index (χ2v) is 5.97. The number of carbonyl (C=O) groups excluding carboxylic acids is 2. The lowest BCUT2D eigenvalue weighted by Gasteiger charge is -2.27. The maximum Gasteiger partial charge on any atom is 0.253 e. The predicted octanol–water partition coefficient (Wildman–Crippen LogP) is 1.19. The molecule has 1 N–H and O–H groups in total. The molecule has 116 valence electrons. The molecule has 0 spiro atoms. The highest BCUT2D eigenvalue weighted by atomic mass is 35.5. The minimum Gasteiger partial charge on any atom is -0.387 e. The molecule has 0 bridgehead atoms. The Morgan fingerprint density at radius 2 is 1.80 bits per heavy atom. The number of carbonyl (C=O) groups is 2. The molecule has 1 heterocycles. The molecule has 1 fully saturated rings. The van der Waals surface area contributed by atoms with Gasteiger partial charge in [-0.15, -0.1) is 0 Å². The molecule has 2 unspecified atom stereocenters. The van der Waals surface area contributed by atoms with E-state index in [1.807, 2.05) is 0 Å². The molecular weight excluding hydrogens is 311 g/mol. The fourth-order valence-corrected chi connectivity index (χ4v) is 2.30. The van der Waals surface area contributed by atoms with Crippen LogP contribution in [0.4, 0.5) is 0 Å². The summed E-state index contributed by atoms with van der Waals surface area (Å²) in [6.07, 6.45) is -5.50. The van der Waals surface area contributed by atoms with Gasteiger partial charge in [-0.05, 0) is 50.9 Å². The van der Waals surface area contributed by atoms with Gasteiger partial charge < -0.3 is 19.3 Å². The molecule has 4 atom stereocenters. The first-order chi connectivity index (χ1) is 9.05. The molecule has 1 saturated heterocycles. The van der Waals surface area contributed by atoms with Crippen molar-refractivity contribution in [3.63, 3.8) is 0 Å². The van der Waals surface area contributed by atoms with E-state index in [-0.39, 0.29) is 6.10 Å². The highest BCUT2D eigenvalue weighted by Gasteiger charge is 2.51. The number of aliphatic hydroxyl groups is 1. The van der Waals surface area contributed by atoms with E-state index < -0.39 is 40.7 Å². The van der Waals surface area contributed by atoms with Gasteiger partial charge >= 0.3 is 0 Å². The van der Waals surface area contributed by atoms with Crippen molar-refractivity contribution in [1.82, 2.24) is 0 Å². The Balaban J connectivity index is 2.94. The fourth-order valence-electron chi connectivity index (χ4n) is 1.95. The third-order valence-electron chi connectivity index (χ3n) is 2.64. The van der Waals surface area contributed by atoms with E-state index in [9.17, 15) is 14.7 Å². The smallest absolute Gasteiger partial charge is 0.253 e. The van der Waals surface area contributed by atoms with Gasteiger partial charge in [0.15, 0.2) is 18.0 Å². The van der Waals surface area contributed by atoms with Crippen molar-refractivity contribution in [1.29, 1.82) is 0 Å². The van der Waals surface area contributed by atoms with E-state index in [1.54, 1.807) is 27.7 Å². The van der Waals surface area contributed by atoms with Crippen molar-refractivity contribution in [2.45, 2.75) is 64.0 Å². The van der Waals surface area contributed by atoms with Crippen LogP contribution in [0.2, 0.25) is 0 Å². The summed E-state index contributed by atoms with van der Waals surface area (Å²) in [6, 6.07) is 0. The van der Waals surface area contributed by atoms with Crippen LogP contribution in [0.15, 0.2) is 0 Å². The van der Waals surface area contributed by atoms with Crippen LogP contribution in [-0.4, -0.2) is 51.9 Å². The molecule has 6 nitrogen and oxygen atoms in total. The Labute approximate surface area is 127 Å². The Kier molecular flexibility index (Phi) is 5.95. The summed E-state index contributed by atoms with van der Waals surface area (Å²) in [5, 5.41) is 8.52. The molecule has 0 aromatic rings. The average molecular weight is 329 g/mol. The van der Waals surface area contributed by atoms with Gasteiger partial charge in [0, 0.05) is 0 Å². The Morgan fingerprint density at radius 1 is 1.25 bits per heavy atom. The quantitative estimate of drug-likeness (QED) is 0.737.